The molecule has 1 unspecified atom stereocenters. The molecule has 0 spiro atoms. The van der Waals surface area contributed by atoms with Gasteiger partial charge in [-0.25, -0.2) is 5.43 Å². The highest BCUT2D eigenvalue weighted by atomic mass is 16.5. The molecule has 0 aromatic heterocycles. The first-order chi connectivity index (χ1) is 12.0. The minimum Gasteiger partial charge on any atom is -0.494 e. The number of amides is 1. The molecule has 1 aromatic rings. The lowest BCUT2D eigenvalue weighted by atomic mass is 9.85. The van der Waals surface area contributed by atoms with Crippen molar-refractivity contribution < 1.29 is 9.53 Å². The third-order valence-electron chi connectivity index (χ3n) is 4.23. The van der Waals surface area contributed by atoms with Gasteiger partial charge in [-0.3, -0.25) is 4.79 Å². The van der Waals surface area contributed by atoms with E-state index in [0.29, 0.717) is 12.5 Å². The van der Waals surface area contributed by atoms with Crippen molar-refractivity contribution in [3.05, 3.63) is 48.1 Å². The Morgan fingerprint density at radius 3 is 2.72 bits per heavy atom. The molecule has 1 aliphatic rings. The van der Waals surface area contributed by atoms with Crippen LogP contribution in [-0.4, -0.2) is 24.8 Å². The largest absolute Gasteiger partial charge is 0.494 e. The van der Waals surface area contributed by atoms with Crippen molar-refractivity contribution in [1.82, 2.24) is 5.43 Å². The van der Waals surface area contributed by atoms with Crippen molar-refractivity contribution in [3.63, 3.8) is 0 Å². The van der Waals surface area contributed by atoms with Crippen molar-refractivity contribution in [2.75, 3.05) is 18.5 Å². The SMILES string of the molecule is C=C(C)C1CC=C(C)C(=NNC(=O)CNc2ccc(OCC)cc2)C1. The number of anilines is 1. The van der Waals surface area contributed by atoms with Crippen LogP contribution in [0.4, 0.5) is 5.69 Å². The summed E-state index contributed by atoms with van der Waals surface area (Å²) in [5.41, 5.74) is 6.70. The fraction of sp³-hybridized carbons (Fsp3) is 0.400. The van der Waals surface area contributed by atoms with Gasteiger partial charge < -0.3 is 10.1 Å². The van der Waals surface area contributed by atoms with Gasteiger partial charge in [0.15, 0.2) is 0 Å². The van der Waals surface area contributed by atoms with E-state index < -0.39 is 0 Å². The van der Waals surface area contributed by atoms with Crippen molar-refractivity contribution in [2.24, 2.45) is 11.0 Å². The Hall–Kier alpha value is -2.56. The maximum atomic E-state index is 12.0. The molecule has 0 aliphatic heterocycles. The summed E-state index contributed by atoms with van der Waals surface area (Å²) < 4.78 is 5.39. The van der Waals surface area contributed by atoms with Gasteiger partial charge >= 0.3 is 0 Å². The maximum absolute atomic E-state index is 12.0. The molecule has 0 bridgehead atoms. The second kappa shape index (κ2) is 9.06. The van der Waals surface area contributed by atoms with Crippen LogP contribution in [0, 0.1) is 5.92 Å². The monoisotopic (exact) mass is 341 g/mol. The van der Waals surface area contributed by atoms with Crippen LogP contribution >= 0.6 is 0 Å². The normalized spacial score (nSPS) is 18.4. The van der Waals surface area contributed by atoms with E-state index in [1.165, 1.54) is 0 Å². The summed E-state index contributed by atoms with van der Waals surface area (Å²) in [7, 11) is 0. The fourth-order valence-electron chi connectivity index (χ4n) is 2.61. The predicted molar refractivity (Wildman–Crippen MR) is 103 cm³/mol. The first kappa shape index (κ1) is 18.8. The Morgan fingerprint density at radius 2 is 2.08 bits per heavy atom. The lowest BCUT2D eigenvalue weighted by Gasteiger charge is -2.22. The summed E-state index contributed by atoms with van der Waals surface area (Å²) in [4.78, 5) is 12.0. The molecule has 25 heavy (non-hydrogen) atoms. The molecule has 5 nitrogen and oxygen atoms in total. The number of hydrogen-bond donors (Lipinski definition) is 2. The van der Waals surface area contributed by atoms with Crippen LogP contribution in [-0.2, 0) is 4.79 Å². The van der Waals surface area contributed by atoms with Gasteiger partial charge in [0.1, 0.15) is 5.75 Å². The number of nitrogens with zero attached hydrogens (tertiary/aromatic N) is 1. The Balaban J connectivity index is 1.84. The molecule has 0 heterocycles. The van der Waals surface area contributed by atoms with E-state index in [1.54, 1.807) is 0 Å². The van der Waals surface area contributed by atoms with E-state index in [9.17, 15) is 4.79 Å². The van der Waals surface area contributed by atoms with Crippen molar-refractivity contribution in [1.29, 1.82) is 0 Å². The highest BCUT2D eigenvalue weighted by molar-refractivity contribution is 6.01. The van der Waals surface area contributed by atoms with E-state index >= 15 is 0 Å². The second-order valence-corrected chi connectivity index (χ2v) is 6.27. The van der Waals surface area contributed by atoms with Gasteiger partial charge in [-0.1, -0.05) is 18.2 Å². The molecule has 0 saturated carbocycles. The quantitative estimate of drug-likeness (QED) is 0.584. The second-order valence-electron chi connectivity index (χ2n) is 6.27. The molecule has 2 N–H and O–H groups in total. The number of hydrazone groups is 1. The van der Waals surface area contributed by atoms with Gasteiger partial charge in [-0.2, -0.15) is 5.10 Å². The van der Waals surface area contributed by atoms with Gasteiger partial charge in [-0.05, 0) is 69.4 Å². The number of nitrogens with one attached hydrogen (secondary N) is 2. The third kappa shape index (κ3) is 5.78. The number of allylic oxidation sites excluding steroid dienone is 3. The molecule has 1 aromatic carbocycles. The number of carbonyl (C=O) groups is 1. The fourth-order valence-corrected chi connectivity index (χ4v) is 2.61. The lowest BCUT2D eigenvalue weighted by molar-refractivity contribution is -0.119. The van der Waals surface area contributed by atoms with Gasteiger partial charge in [-0.15, -0.1) is 0 Å². The van der Waals surface area contributed by atoms with Gasteiger partial charge in [0.25, 0.3) is 5.91 Å². The Labute approximate surface area is 149 Å². The summed E-state index contributed by atoms with van der Waals surface area (Å²) in [6, 6.07) is 7.51. The summed E-state index contributed by atoms with van der Waals surface area (Å²) in [6.07, 6.45) is 3.98. The molecule has 0 radical (unpaired) electrons. The maximum Gasteiger partial charge on any atom is 0.259 e. The molecule has 5 heteroatoms. The van der Waals surface area contributed by atoms with Crippen LogP contribution in [0.15, 0.2) is 53.2 Å². The van der Waals surface area contributed by atoms with Crippen LogP contribution < -0.4 is 15.5 Å². The zero-order valence-corrected chi connectivity index (χ0v) is 15.3. The molecule has 1 atom stereocenters. The zero-order chi connectivity index (χ0) is 18.2. The number of benzene rings is 1. The summed E-state index contributed by atoms with van der Waals surface area (Å²) in [5, 5.41) is 7.37. The van der Waals surface area contributed by atoms with E-state index in [1.807, 2.05) is 45.0 Å². The highest BCUT2D eigenvalue weighted by Crippen LogP contribution is 2.26. The molecule has 2 rings (SSSR count). The molecule has 0 saturated heterocycles. The van der Waals surface area contributed by atoms with E-state index in [4.69, 9.17) is 4.74 Å². The molecular weight excluding hydrogens is 314 g/mol. The first-order valence-corrected chi connectivity index (χ1v) is 8.64. The van der Waals surface area contributed by atoms with Crippen molar-refractivity contribution >= 4 is 17.3 Å². The van der Waals surface area contributed by atoms with Crippen LogP contribution in [0.3, 0.4) is 0 Å². The average Bonchev–Trinajstić information content (AvgIpc) is 2.60. The molecule has 134 valence electrons. The van der Waals surface area contributed by atoms with Crippen LogP contribution in [0.2, 0.25) is 0 Å². The van der Waals surface area contributed by atoms with Crippen molar-refractivity contribution in [3.8, 4) is 5.75 Å². The minimum absolute atomic E-state index is 0.164. The number of rotatable bonds is 7. The van der Waals surface area contributed by atoms with Crippen LogP contribution in [0.25, 0.3) is 0 Å². The summed E-state index contributed by atoms with van der Waals surface area (Å²) in [6.45, 7) is 10.8. The summed E-state index contributed by atoms with van der Waals surface area (Å²) in [5.74, 6) is 1.04. The predicted octanol–water partition coefficient (Wildman–Crippen LogP) is 3.90. The number of hydrogen-bond acceptors (Lipinski definition) is 4. The van der Waals surface area contributed by atoms with Crippen LogP contribution in [0.1, 0.15) is 33.6 Å². The van der Waals surface area contributed by atoms with Crippen molar-refractivity contribution in [2.45, 2.75) is 33.6 Å². The summed E-state index contributed by atoms with van der Waals surface area (Å²) >= 11 is 0. The Kier molecular flexibility index (Phi) is 6.81. The average molecular weight is 341 g/mol. The van der Waals surface area contributed by atoms with E-state index in [0.717, 1.165) is 41.1 Å². The minimum atomic E-state index is -0.174. The number of ether oxygens (including phenoxy) is 1. The Morgan fingerprint density at radius 1 is 1.36 bits per heavy atom. The first-order valence-electron chi connectivity index (χ1n) is 8.64. The van der Waals surface area contributed by atoms with E-state index in [-0.39, 0.29) is 12.5 Å². The Bertz CT molecular complexity index is 675. The lowest BCUT2D eigenvalue weighted by Crippen LogP contribution is -2.28. The third-order valence-corrected chi connectivity index (χ3v) is 4.23. The number of carbonyl (C=O) groups excluding carboxylic acids is 1. The zero-order valence-electron chi connectivity index (χ0n) is 15.3. The highest BCUT2D eigenvalue weighted by Gasteiger charge is 2.18. The molecule has 1 aliphatic carbocycles. The van der Waals surface area contributed by atoms with Crippen LogP contribution in [0.5, 0.6) is 5.75 Å². The smallest absolute Gasteiger partial charge is 0.259 e. The van der Waals surface area contributed by atoms with Gasteiger partial charge in [0.05, 0.1) is 18.9 Å². The molecule has 0 fully saturated rings. The van der Waals surface area contributed by atoms with E-state index in [2.05, 4.69) is 28.5 Å². The topological polar surface area (TPSA) is 62.7 Å². The standard InChI is InChI=1S/C20H27N3O2/c1-5-25-18-10-8-17(9-11-18)21-13-20(24)23-22-19-12-16(14(2)3)7-6-15(19)4/h6,8-11,16,21H,2,5,7,12-13H2,1,3-4H3,(H,23,24). The molecule has 1 amide bonds. The van der Waals surface area contributed by atoms with Gasteiger partial charge in [0, 0.05) is 5.69 Å². The molecular formula is C20H27N3O2. The van der Waals surface area contributed by atoms with Gasteiger partial charge in [0.2, 0.25) is 0 Å².